The summed E-state index contributed by atoms with van der Waals surface area (Å²) in [7, 11) is 1.68. The zero-order valence-electron chi connectivity index (χ0n) is 9.42. The molecule has 2 aromatic heterocycles. The molecule has 0 radical (unpaired) electrons. The van der Waals surface area contributed by atoms with Crippen molar-refractivity contribution in [3.8, 4) is 5.88 Å². The van der Waals surface area contributed by atoms with Crippen molar-refractivity contribution in [3.63, 3.8) is 0 Å². The fourth-order valence-corrected chi connectivity index (χ4v) is 1.45. The number of nitrogens with one attached hydrogen (secondary N) is 1. The molecular weight excluding hydrogens is 245 g/mol. The van der Waals surface area contributed by atoms with Crippen LogP contribution in [0.1, 0.15) is 5.82 Å². The Morgan fingerprint density at radius 2 is 2.22 bits per heavy atom. The Labute approximate surface area is 99.3 Å². The molecule has 0 bridgehead atoms. The Morgan fingerprint density at radius 3 is 2.83 bits per heavy atom. The number of hydrogen-bond donors (Lipinski definition) is 2. The summed E-state index contributed by atoms with van der Waals surface area (Å²) in [4.78, 5) is 27.9. The Kier molecular flexibility index (Phi) is 2.96. The molecule has 0 aromatic carbocycles. The fourth-order valence-electron chi connectivity index (χ4n) is 1.45. The van der Waals surface area contributed by atoms with E-state index >= 15 is 0 Å². The first kappa shape index (κ1) is 12.0. The molecule has 2 N–H and O–H groups in total. The van der Waals surface area contributed by atoms with Crippen molar-refractivity contribution in [2.24, 2.45) is 7.05 Å². The van der Waals surface area contributed by atoms with Crippen molar-refractivity contribution >= 4 is 0 Å². The van der Waals surface area contributed by atoms with Gasteiger partial charge in [0.05, 0.1) is 0 Å². The van der Waals surface area contributed by atoms with E-state index in [2.05, 4.69) is 10.1 Å². The zero-order valence-corrected chi connectivity index (χ0v) is 9.42. The van der Waals surface area contributed by atoms with Crippen LogP contribution in [-0.2, 0) is 20.0 Å². The lowest BCUT2D eigenvalue weighted by Gasteiger charge is -2.06. The zero-order chi connectivity index (χ0) is 13.3. The molecule has 0 spiro atoms. The number of H-pyrrole nitrogens is 1. The maximum atomic E-state index is 13.1. The van der Waals surface area contributed by atoms with Gasteiger partial charge in [-0.1, -0.05) is 0 Å². The summed E-state index contributed by atoms with van der Waals surface area (Å²) in [6.45, 7) is -0.0393. The van der Waals surface area contributed by atoms with Gasteiger partial charge in [0, 0.05) is 20.0 Å². The molecule has 0 fully saturated rings. The molecule has 2 rings (SSSR count). The lowest BCUT2D eigenvalue weighted by molar-refractivity contribution is 0.359. The molecule has 0 atom stereocenters. The number of nitrogens with zero attached hydrogens (tertiary/aromatic N) is 4. The lowest BCUT2D eigenvalue weighted by Crippen LogP contribution is -2.32. The van der Waals surface area contributed by atoms with Gasteiger partial charge >= 0.3 is 5.69 Å². The van der Waals surface area contributed by atoms with Gasteiger partial charge in [-0.3, -0.25) is 19.0 Å². The van der Waals surface area contributed by atoms with E-state index in [4.69, 9.17) is 0 Å². The van der Waals surface area contributed by atoms with Crippen LogP contribution < -0.4 is 11.2 Å². The molecule has 0 aliphatic heterocycles. The Morgan fingerprint density at radius 1 is 1.50 bits per heavy atom. The summed E-state index contributed by atoms with van der Waals surface area (Å²) in [5.41, 5.74) is -2.13. The molecule has 0 unspecified atom stereocenters. The van der Waals surface area contributed by atoms with E-state index in [1.54, 1.807) is 12.0 Å². The van der Waals surface area contributed by atoms with Gasteiger partial charge in [-0.15, -0.1) is 0 Å². The van der Waals surface area contributed by atoms with Gasteiger partial charge in [-0.25, -0.2) is 9.78 Å². The highest BCUT2D eigenvalue weighted by atomic mass is 19.1. The third kappa shape index (κ3) is 2.14. The van der Waals surface area contributed by atoms with Crippen LogP contribution in [0.4, 0.5) is 4.39 Å². The van der Waals surface area contributed by atoms with Crippen LogP contribution in [-0.4, -0.2) is 29.4 Å². The summed E-state index contributed by atoms with van der Waals surface area (Å²) in [6, 6.07) is 0. The normalized spacial score (nSPS) is 10.8. The summed E-state index contributed by atoms with van der Waals surface area (Å²) in [6.07, 6.45) is 1.70. The molecule has 0 aliphatic carbocycles. The standard InChI is InChI=1S/C9H10FN5O3/c1-14-4-11-5(13-14)2-3-15-8(17)6(10)7(16)12-9(15)18/h4,17H,2-3H2,1H3,(H,12,16,18). The van der Waals surface area contributed by atoms with Crippen LogP contribution in [0.3, 0.4) is 0 Å². The molecule has 8 nitrogen and oxygen atoms in total. The van der Waals surface area contributed by atoms with Crippen LogP contribution in [0.5, 0.6) is 5.88 Å². The van der Waals surface area contributed by atoms with Crippen LogP contribution in [0.15, 0.2) is 15.9 Å². The van der Waals surface area contributed by atoms with Crippen LogP contribution in [0.25, 0.3) is 0 Å². The maximum Gasteiger partial charge on any atom is 0.331 e. The molecule has 0 amide bonds. The molecule has 2 aromatic rings. The quantitative estimate of drug-likeness (QED) is 0.713. The molecule has 9 heteroatoms. The lowest BCUT2D eigenvalue weighted by atomic mass is 10.4. The predicted octanol–water partition coefficient (Wildman–Crippen LogP) is -1.25. The largest absolute Gasteiger partial charge is 0.492 e. The monoisotopic (exact) mass is 255 g/mol. The molecular formula is C9H10FN5O3. The Bertz CT molecular complexity index is 686. The number of hydrogen-bond acceptors (Lipinski definition) is 5. The minimum Gasteiger partial charge on any atom is -0.492 e. The third-order valence-electron chi connectivity index (χ3n) is 2.32. The Hall–Kier alpha value is -2.45. The number of aromatic nitrogens is 5. The summed E-state index contributed by atoms with van der Waals surface area (Å²) < 4.78 is 15.3. The molecule has 0 aliphatic rings. The predicted molar refractivity (Wildman–Crippen MR) is 57.7 cm³/mol. The second kappa shape index (κ2) is 4.43. The minimum atomic E-state index is -1.39. The van der Waals surface area contributed by atoms with Gasteiger partial charge in [0.2, 0.25) is 11.7 Å². The number of aromatic hydroxyl groups is 1. The van der Waals surface area contributed by atoms with Gasteiger partial charge in [-0.2, -0.15) is 9.49 Å². The van der Waals surface area contributed by atoms with E-state index in [0.29, 0.717) is 10.4 Å². The van der Waals surface area contributed by atoms with E-state index in [1.165, 1.54) is 11.0 Å². The number of rotatable bonds is 3. The molecule has 96 valence electrons. The SMILES string of the molecule is Cn1cnc(CCn2c(O)c(F)c(=O)[nH]c2=O)n1. The summed E-state index contributed by atoms with van der Waals surface area (Å²) in [5, 5.41) is 13.3. The topological polar surface area (TPSA) is 106 Å². The fraction of sp³-hybridized carbons (Fsp3) is 0.333. The van der Waals surface area contributed by atoms with Crippen molar-refractivity contribution in [2.75, 3.05) is 0 Å². The van der Waals surface area contributed by atoms with Crippen molar-refractivity contribution in [1.29, 1.82) is 0 Å². The van der Waals surface area contributed by atoms with Crippen LogP contribution >= 0.6 is 0 Å². The number of aromatic amines is 1. The Balaban J connectivity index is 2.27. The van der Waals surface area contributed by atoms with E-state index in [1.807, 2.05) is 0 Å². The van der Waals surface area contributed by atoms with Gasteiger partial charge in [0.1, 0.15) is 6.33 Å². The van der Waals surface area contributed by atoms with Gasteiger partial charge in [-0.05, 0) is 0 Å². The second-order valence-corrected chi connectivity index (χ2v) is 3.63. The van der Waals surface area contributed by atoms with Gasteiger partial charge in [0.25, 0.3) is 5.56 Å². The van der Waals surface area contributed by atoms with E-state index in [-0.39, 0.29) is 13.0 Å². The highest BCUT2D eigenvalue weighted by Crippen LogP contribution is 2.07. The van der Waals surface area contributed by atoms with Crippen molar-refractivity contribution in [1.82, 2.24) is 24.3 Å². The van der Waals surface area contributed by atoms with Crippen molar-refractivity contribution < 1.29 is 9.50 Å². The first-order valence-electron chi connectivity index (χ1n) is 5.05. The minimum absolute atomic E-state index is 0.0393. The smallest absolute Gasteiger partial charge is 0.331 e. The second-order valence-electron chi connectivity index (χ2n) is 3.63. The summed E-state index contributed by atoms with van der Waals surface area (Å²) in [5.74, 6) is -1.93. The summed E-state index contributed by atoms with van der Waals surface area (Å²) >= 11 is 0. The van der Waals surface area contributed by atoms with E-state index < -0.39 is 22.9 Å². The first-order valence-corrected chi connectivity index (χ1v) is 5.05. The molecule has 0 saturated carbocycles. The maximum absolute atomic E-state index is 13.1. The van der Waals surface area contributed by atoms with Gasteiger partial charge < -0.3 is 5.11 Å². The average molecular weight is 255 g/mol. The van der Waals surface area contributed by atoms with Crippen molar-refractivity contribution in [3.05, 3.63) is 38.8 Å². The number of halogens is 1. The van der Waals surface area contributed by atoms with E-state index in [0.717, 1.165) is 0 Å². The van der Waals surface area contributed by atoms with Crippen LogP contribution in [0.2, 0.25) is 0 Å². The highest BCUT2D eigenvalue weighted by molar-refractivity contribution is 5.09. The van der Waals surface area contributed by atoms with Crippen LogP contribution in [0, 0.1) is 5.82 Å². The number of aryl methyl sites for hydroxylation is 2. The molecule has 18 heavy (non-hydrogen) atoms. The molecule has 2 heterocycles. The average Bonchev–Trinajstić information content (AvgIpc) is 2.72. The highest BCUT2D eigenvalue weighted by Gasteiger charge is 2.13. The third-order valence-corrected chi connectivity index (χ3v) is 2.32. The van der Waals surface area contributed by atoms with E-state index in [9.17, 15) is 19.1 Å². The molecule has 0 saturated heterocycles. The first-order chi connectivity index (χ1) is 8.49. The van der Waals surface area contributed by atoms with Crippen molar-refractivity contribution in [2.45, 2.75) is 13.0 Å². The van der Waals surface area contributed by atoms with Gasteiger partial charge in [0.15, 0.2) is 5.82 Å².